The standard InChI is InChI=1S/C21H20ClN3O2S/c1-3-25(2)20(27)16-9-6-8-15(11-16)19(26)24-21-23-13-17(28-21)12-14-7-4-5-10-18(14)22/h4-11,13H,3,12H2,1-2H3,(H,23,24,26). The Morgan fingerprint density at radius 1 is 1.14 bits per heavy atom. The molecule has 0 aliphatic heterocycles. The first-order valence-corrected chi connectivity index (χ1v) is 10.0. The lowest BCUT2D eigenvalue weighted by molar-refractivity contribution is 0.0802. The smallest absolute Gasteiger partial charge is 0.257 e. The number of benzene rings is 2. The summed E-state index contributed by atoms with van der Waals surface area (Å²) in [6.07, 6.45) is 2.39. The molecule has 2 amide bonds. The van der Waals surface area contributed by atoms with Gasteiger partial charge in [-0.15, -0.1) is 11.3 Å². The number of rotatable bonds is 6. The molecule has 5 nitrogen and oxygen atoms in total. The molecule has 1 N–H and O–H groups in total. The van der Waals surface area contributed by atoms with Crippen LogP contribution in [-0.2, 0) is 6.42 Å². The number of nitrogens with zero attached hydrogens (tertiary/aromatic N) is 2. The lowest BCUT2D eigenvalue weighted by Crippen LogP contribution is -2.26. The summed E-state index contributed by atoms with van der Waals surface area (Å²) in [7, 11) is 1.73. The maximum Gasteiger partial charge on any atom is 0.257 e. The van der Waals surface area contributed by atoms with E-state index in [2.05, 4.69) is 10.3 Å². The predicted molar refractivity (Wildman–Crippen MR) is 113 cm³/mol. The monoisotopic (exact) mass is 413 g/mol. The minimum atomic E-state index is -0.299. The van der Waals surface area contributed by atoms with E-state index in [-0.39, 0.29) is 11.8 Å². The molecule has 1 aromatic heterocycles. The van der Waals surface area contributed by atoms with Crippen molar-refractivity contribution in [2.24, 2.45) is 0 Å². The summed E-state index contributed by atoms with van der Waals surface area (Å²) in [5.41, 5.74) is 1.91. The third-order valence-corrected chi connectivity index (χ3v) is 5.57. The number of anilines is 1. The van der Waals surface area contributed by atoms with Gasteiger partial charge in [-0.2, -0.15) is 0 Å². The van der Waals surface area contributed by atoms with Crippen LogP contribution in [0.1, 0.15) is 38.1 Å². The van der Waals surface area contributed by atoms with Gasteiger partial charge < -0.3 is 4.90 Å². The molecule has 3 aromatic rings. The van der Waals surface area contributed by atoms with E-state index in [1.807, 2.05) is 31.2 Å². The molecular formula is C21H20ClN3O2S. The highest BCUT2D eigenvalue weighted by Gasteiger charge is 2.14. The highest BCUT2D eigenvalue weighted by Crippen LogP contribution is 2.25. The van der Waals surface area contributed by atoms with Gasteiger partial charge in [0.2, 0.25) is 0 Å². The van der Waals surface area contributed by atoms with Crippen LogP contribution in [-0.4, -0.2) is 35.3 Å². The van der Waals surface area contributed by atoms with E-state index < -0.39 is 0 Å². The number of hydrogen-bond donors (Lipinski definition) is 1. The second kappa shape index (κ2) is 8.99. The molecule has 0 spiro atoms. The van der Waals surface area contributed by atoms with Crippen LogP contribution in [0.5, 0.6) is 0 Å². The molecule has 0 aliphatic carbocycles. The van der Waals surface area contributed by atoms with Gasteiger partial charge in [0.1, 0.15) is 0 Å². The summed E-state index contributed by atoms with van der Waals surface area (Å²) in [6, 6.07) is 14.3. The molecule has 0 unspecified atom stereocenters. The van der Waals surface area contributed by atoms with Crippen LogP contribution in [0.2, 0.25) is 5.02 Å². The Balaban J connectivity index is 1.69. The molecule has 0 atom stereocenters. The third kappa shape index (κ3) is 4.77. The van der Waals surface area contributed by atoms with Gasteiger partial charge >= 0.3 is 0 Å². The van der Waals surface area contributed by atoms with Crippen molar-refractivity contribution in [1.29, 1.82) is 0 Å². The number of hydrogen-bond acceptors (Lipinski definition) is 4. The van der Waals surface area contributed by atoms with Crippen molar-refractivity contribution in [2.45, 2.75) is 13.3 Å². The highest BCUT2D eigenvalue weighted by molar-refractivity contribution is 7.15. The summed E-state index contributed by atoms with van der Waals surface area (Å²) < 4.78 is 0. The fourth-order valence-electron chi connectivity index (χ4n) is 2.60. The summed E-state index contributed by atoms with van der Waals surface area (Å²) in [5, 5.41) is 4.02. The maximum absolute atomic E-state index is 12.6. The van der Waals surface area contributed by atoms with Gasteiger partial charge in [0, 0.05) is 47.2 Å². The molecule has 0 aliphatic rings. The minimum Gasteiger partial charge on any atom is -0.342 e. The first-order valence-electron chi connectivity index (χ1n) is 8.83. The van der Waals surface area contributed by atoms with Crippen LogP contribution in [0.3, 0.4) is 0 Å². The molecule has 28 heavy (non-hydrogen) atoms. The van der Waals surface area contributed by atoms with E-state index in [4.69, 9.17) is 11.6 Å². The van der Waals surface area contributed by atoms with E-state index in [0.717, 1.165) is 10.4 Å². The minimum absolute atomic E-state index is 0.117. The predicted octanol–water partition coefficient (Wildman–Crippen LogP) is 4.73. The maximum atomic E-state index is 12.6. The first-order chi connectivity index (χ1) is 13.5. The molecule has 7 heteroatoms. The van der Waals surface area contributed by atoms with Crippen LogP contribution < -0.4 is 5.32 Å². The lowest BCUT2D eigenvalue weighted by atomic mass is 10.1. The van der Waals surface area contributed by atoms with Gasteiger partial charge in [-0.05, 0) is 36.8 Å². The normalized spacial score (nSPS) is 10.5. The van der Waals surface area contributed by atoms with Gasteiger partial charge in [-0.1, -0.05) is 35.9 Å². The van der Waals surface area contributed by atoms with Crippen LogP contribution in [0, 0.1) is 0 Å². The fraction of sp³-hybridized carbons (Fsp3) is 0.190. The van der Waals surface area contributed by atoms with Gasteiger partial charge in [0.15, 0.2) is 5.13 Å². The number of aromatic nitrogens is 1. The van der Waals surface area contributed by atoms with Crippen LogP contribution in [0.4, 0.5) is 5.13 Å². The SMILES string of the molecule is CCN(C)C(=O)c1cccc(C(=O)Nc2ncc(Cc3ccccc3Cl)s2)c1. The number of nitrogens with one attached hydrogen (secondary N) is 1. The largest absolute Gasteiger partial charge is 0.342 e. The summed E-state index contributed by atoms with van der Waals surface area (Å²) in [5.74, 6) is -0.416. The first kappa shape index (κ1) is 20.0. The topological polar surface area (TPSA) is 62.3 Å². The lowest BCUT2D eigenvalue weighted by Gasteiger charge is -2.14. The molecule has 0 bridgehead atoms. The molecule has 0 radical (unpaired) electrons. The van der Waals surface area contributed by atoms with Crippen molar-refractivity contribution in [3.05, 3.63) is 81.3 Å². The summed E-state index contributed by atoms with van der Waals surface area (Å²) >= 11 is 7.60. The van der Waals surface area contributed by atoms with Crippen LogP contribution >= 0.6 is 22.9 Å². The average molecular weight is 414 g/mol. The van der Waals surface area contributed by atoms with Crippen molar-refractivity contribution in [3.63, 3.8) is 0 Å². The molecule has 3 rings (SSSR count). The highest BCUT2D eigenvalue weighted by atomic mass is 35.5. The van der Waals surface area contributed by atoms with Crippen LogP contribution in [0.15, 0.2) is 54.7 Å². The van der Waals surface area contributed by atoms with Crippen molar-refractivity contribution in [2.75, 3.05) is 18.9 Å². The number of halogens is 1. The van der Waals surface area contributed by atoms with E-state index in [1.54, 1.807) is 42.4 Å². The Morgan fingerprint density at radius 2 is 1.89 bits per heavy atom. The summed E-state index contributed by atoms with van der Waals surface area (Å²) in [6.45, 7) is 2.50. The Hall–Kier alpha value is -2.70. The third-order valence-electron chi connectivity index (χ3n) is 4.29. The molecule has 2 aromatic carbocycles. The molecule has 144 valence electrons. The van der Waals surface area contributed by atoms with Crippen molar-refractivity contribution >= 4 is 39.9 Å². The second-order valence-corrected chi connectivity index (χ2v) is 7.78. The van der Waals surface area contributed by atoms with Crippen molar-refractivity contribution in [1.82, 2.24) is 9.88 Å². The van der Waals surface area contributed by atoms with E-state index in [9.17, 15) is 9.59 Å². The van der Waals surface area contributed by atoms with E-state index in [0.29, 0.717) is 34.2 Å². The van der Waals surface area contributed by atoms with Gasteiger partial charge in [-0.25, -0.2) is 4.98 Å². The Morgan fingerprint density at radius 3 is 2.64 bits per heavy atom. The molecule has 0 fully saturated rings. The zero-order chi connectivity index (χ0) is 20.1. The quantitative estimate of drug-likeness (QED) is 0.635. The van der Waals surface area contributed by atoms with Crippen molar-refractivity contribution in [3.8, 4) is 0 Å². The Kier molecular flexibility index (Phi) is 6.44. The van der Waals surface area contributed by atoms with E-state index >= 15 is 0 Å². The molecular weight excluding hydrogens is 394 g/mol. The zero-order valence-electron chi connectivity index (χ0n) is 15.6. The Labute approximate surface area is 173 Å². The average Bonchev–Trinajstić information content (AvgIpc) is 3.15. The number of carbonyl (C=O) groups excluding carboxylic acids is 2. The van der Waals surface area contributed by atoms with Gasteiger partial charge in [0.05, 0.1) is 0 Å². The number of carbonyl (C=O) groups is 2. The Bertz CT molecular complexity index is 1000. The second-order valence-electron chi connectivity index (χ2n) is 6.25. The molecule has 0 saturated carbocycles. The molecule has 0 saturated heterocycles. The van der Waals surface area contributed by atoms with Gasteiger partial charge in [-0.3, -0.25) is 14.9 Å². The molecule has 1 heterocycles. The number of thiazole rings is 1. The fourth-order valence-corrected chi connectivity index (χ4v) is 3.64. The van der Waals surface area contributed by atoms with Crippen molar-refractivity contribution < 1.29 is 9.59 Å². The van der Waals surface area contributed by atoms with E-state index in [1.165, 1.54) is 11.3 Å². The summed E-state index contributed by atoms with van der Waals surface area (Å²) in [4.78, 5) is 31.7. The number of amides is 2. The zero-order valence-corrected chi connectivity index (χ0v) is 17.2. The van der Waals surface area contributed by atoms with Crippen LogP contribution in [0.25, 0.3) is 0 Å². The van der Waals surface area contributed by atoms with Gasteiger partial charge in [0.25, 0.3) is 11.8 Å².